The molecule has 0 saturated heterocycles. The van der Waals surface area contributed by atoms with Crippen LogP contribution in [0.5, 0.6) is 0 Å². The van der Waals surface area contributed by atoms with Crippen LogP contribution in [0.2, 0.25) is 0 Å². The van der Waals surface area contributed by atoms with Gasteiger partial charge in [-0.15, -0.1) is 0 Å². The van der Waals surface area contributed by atoms with Gasteiger partial charge in [0.25, 0.3) is 5.91 Å². The molecule has 2 amide bonds. The van der Waals surface area contributed by atoms with Crippen LogP contribution < -0.4 is 5.32 Å². The van der Waals surface area contributed by atoms with Crippen LogP contribution in [0, 0.1) is 0 Å². The highest BCUT2D eigenvalue weighted by molar-refractivity contribution is 5.93. The summed E-state index contributed by atoms with van der Waals surface area (Å²) in [6.07, 6.45) is 0. The van der Waals surface area contributed by atoms with E-state index in [1.54, 1.807) is 38.2 Å². The second kappa shape index (κ2) is 8.44. The third-order valence-corrected chi connectivity index (χ3v) is 4.11. The fourth-order valence-electron chi connectivity index (χ4n) is 2.75. The Labute approximate surface area is 149 Å². The quantitative estimate of drug-likeness (QED) is 0.879. The maximum absolute atomic E-state index is 12.7. The number of amides is 2. The molecule has 0 fully saturated rings. The first-order valence-electron chi connectivity index (χ1n) is 8.21. The first-order chi connectivity index (χ1) is 11.9. The molecule has 0 spiro atoms. The zero-order chi connectivity index (χ0) is 18.4. The lowest BCUT2D eigenvalue weighted by Crippen LogP contribution is -2.37. The average molecular weight is 339 g/mol. The number of nitrogens with one attached hydrogen (secondary N) is 1. The molecular formula is C20H25N3O2. The van der Waals surface area contributed by atoms with Crippen LogP contribution in [0.3, 0.4) is 0 Å². The van der Waals surface area contributed by atoms with E-state index in [0.717, 1.165) is 11.1 Å². The van der Waals surface area contributed by atoms with Crippen molar-refractivity contribution < 1.29 is 9.59 Å². The van der Waals surface area contributed by atoms with Gasteiger partial charge in [-0.05, 0) is 30.3 Å². The Morgan fingerprint density at radius 3 is 2.08 bits per heavy atom. The summed E-state index contributed by atoms with van der Waals surface area (Å²) >= 11 is 0. The summed E-state index contributed by atoms with van der Waals surface area (Å²) in [5.74, 6) is -0.0690. The molecule has 1 atom stereocenters. The van der Waals surface area contributed by atoms with Gasteiger partial charge in [-0.25, -0.2) is 0 Å². The molecule has 1 N–H and O–H groups in total. The molecule has 0 radical (unpaired) electrons. The molecule has 5 nitrogen and oxygen atoms in total. The first-order valence-corrected chi connectivity index (χ1v) is 8.21. The van der Waals surface area contributed by atoms with E-state index in [4.69, 9.17) is 0 Å². The van der Waals surface area contributed by atoms with E-state index in [1.807, 2.05) is 54.4 Å². The summed E-state index contributed by atoms with van der Waals surface area (Å²) in [6, 6.07) is 16.9. The monoisotopic (exact) mass is 339 g/mol. The highest BCUT2D eigenvalue weighted by Crippen LogP contribution is 2.23. The lowest BCUT2D eigenvalue weighted by Gasteiger charge is -2.29. The highest BCUT2D eigenvalue weighted by atomic mass is 16.2. The third kappa shape index (κ3) is 4.67. The molecule has 2 aromatic rings. The number of carbonyl (C=O) groups is 2. The third-order valence-electron chi connectivity index (χ3n) is 4.11. The Hall–Kier alpha value is -2.66. The molecule has 0 aliphatic rings. The molecule has 0 heterocycles. The van der Waals surface area contributed by atoms with Crippen molar-refractivity contribution in [2.24, 2.45) is 0 Å². The van der Waals surface area contributed by atoms with E-state index < -0.39 is 0 Å². The predicted molar refractivity (Wildman–Crippen MR) is 99.2 cm³/mol. The van der Waals surface area contributed by atoms with Crippen molar-refractivity contribution in [3.05, 3.63) is 71.3 Å². The Morgan fingerprint density at radius 1 is 0.960 bits per heavy atom. The number of benzene rings is 2. The molecule has 2 aromatic carbocycles. The normalized spacial score (nSPS) is 11.9. The maximum Gasteiger partial charge on any atom is 0.251 e. The van der Waals surface area contributed by atoms with Gasteiger partial charge >= 0.3 is 0 Å². The van der Waals surface area contributed by atoms with Crippen LogP contribution in [0.15, 0.2) is 54.6 Å². The van der Waals surface area contributed by atoms with E-state index in [-0.39, 0.29) is 17.9 Å². The van der Waals surface area contributed by atoms with Gasteiger partial charge in [0.15, 0.2) is 0 Å². The van der Waals surface area contributed by atoms with E-state index in [1.165, 1.54) is 0 Å². The van der Waals surface area contributed by atoms with Gasteiger partial charge in [-0.3, -0.25) is 14.5 Å². The van der Waals surface area contributed by atoms with Crippen LogP contribution in [0.1, 0.15) is 27.5 Å². The van der Waals surface area contributed by atoms with Gasteiger partial charge < -0.3 is 10.2 Å². The molecule has 0 unspecified atom stereocenters. The summed E-state index contributed by atoms with van der Waals surface area (Å²) < 4.78 is 0. The number of likely N-dealkylation sites (N-methyl/N-ethyl adjacent to an activating group) is 2. The summed E-state index contributed by atoms with van der Waals surface area (Å²) in [4.78, 5) is 28.0. The minimum Gasteiger partial charge on any atom is -0.355 e. The molecule has 0 aliphatic heterocycles. The second-order valence-corrected chi connectivity index (χ2v) is 6.24. The largest absolute Gasteiger partial charge is 0.355 e. The van der Waals surface area contributed by atoms with E-state index >= 15 is 0 Å². The van der Waals surface area contributed by atoms with Gasteiger partial charge in [-0.1, -0.05) is 42.5 Å². The van der Waals surface area contributed by atoms with Crippen molar-refractivity contribution in [2.75, 3.05) is 28.2 Å². The topological polar surface area (TPSA) is 52.7 Å². The first kappa shape index (κ1) is 18.7. The van der Waals surface area contributed by atoms with Crippen LogP contribution >= 0.6 is 0 Å². The Balaban J connectivity index is 2.21. The van der Waals surface area contributed by atoms with Gasteiger partial charge in [0.05, 0.1) is 0 Å². The highest BCUT2D eigenvalue weighted by Gasteiger charge is 2.26. The number of carbonyl (C=O) groups excluding carboxylic acids is 2. The Kier molecular flexibility index (Phi) is 6.31. The van der Waals surface area contributed by atoms with Crippen LogP contribution in [0.4, 0.5) is 0 Å². The SMILES string of the molecule is CNC(=O)c1ccc(CN(C)[C@@H](C(=O)N(C)C)c2ccccc2)cc1. The standard InChI is InChI=1S/C20H25N3O2/c1-21-19(24)17-12-10-15(11-13-17)14-23(4)18(20(25)22(2)3)16-8-6-5-7-9-16/h5-13,18H,14H2,1-4H3,(H,21,24)/t18-/m1/s1. The van der Waals surface area contributed by atoms with Crippen LogP contribution in [-0.2, 0) is 11.3 Å². The van der Waals surface area contributed by atoms with Gasteiger partial charge in [0.1, 0.15) is 6.04 Å². The van der Waals surface area contributed by atoms with Crippen molar-refractivity contribution in [2.45, 2.75) is 12.6 Å². The van der Waals surface area contributed by atoms with E-state index in [9.17, 15) is 9.59 Å². The molecule has 0 aromatic heterocycles. The fourth-order valence-corrected chi connectivity index (χ4v) is 2.75. The van der Waals surface area contributed by atoms with Crippen molar-refractivity contribution in [1.29, 1.82) is 0 Å². The molecule has 25 heavy (non-hydrogen) atoms. The molecule has 5 heteroatoms. The second-order valence-electron chi connectivity index (χ2n) is 6.24. The number of rotatable bonds is 6. The van der Waals surface area contributed by atoms with Crippen LogP contribution in [-0.4, -0.2) is 49.8 Å². The summed E-state index contributed by atoms with van der Waals surface area (Å²) in [5.41, 5.74) is 2.63. The number of hydrogen-bond donors (Lipinski definition) is 1. The molecule has 2 rings (SSSR count). The lowest BCUT2D eigenvalue weighted by atomic mass is 10.0. The zero-order valence-electron chi connectivity index (χ0n) is 15.2. The zero-order valence-corrected chi connectivity index (χ0v) is 15.2. The molecule has 0 aliphatic carbocycles. The van der Waals surface area contributed by atoms with Gasteiger partial charge in [-0.2, -0.15) is 0 Å². The smallest absolute Gasteiger partial charge is 0.251 e. The van der Waals surface area contributed by atoms with Gasteiger partial charge in [0, 0.05) is 33.3 Å². The van der Waals surface area contributed by atoms with E-state index in [2.05, 4.69) is 5.32 Å². The number of nitrogens with zero attached hydrogens (tertiary/aromatic N) is 2. The fraction of sp³-hybridized carbons (Fsp3) is 0.300. The average Bonchev–Trinajstić information content (AvgIpc) is 2.62. The Bertz CT molecular complexity index is 711. The maximum atomic E-state index is 12.7. The van der Waals surface area contributed by atoms with Crippen molar-refractivity contribution in [1.82, 2.24) is 15.1 Å². The minimum absolute atomic E-state index is 0.0377. The van der Waals surface area contributed by atoms with Crippen molar-refractivity contribution in [3.63, 3.8) is 0 Å². The predicted octanol–water partition coefficient (Wildman–Crippen LogP) is 2.31. The molecule has 0 saturated carbocycles. The van der Waals surface area contributed by atoms with Crippen molar-refractivity contribution in [3.8, 4) is 0 Å². The molecule has 132 valence electrons. The minimum atomic E-state index is -0.352. The van der Waals surface area contributed by atoms with Crippen LogP contribution in [0.25, 0.3) is 0 Å². The summed E-state index contributed by atoms with van der Waals surface area (Å²) in [7, 11) is 7.08. The molecular weight excluding hydrogens is 314 g/mol. The lowest BCUT2D eigenvalue weighted by molar-refractivity contribution is -0.134. The summed E-state index contributed by atoms with van der Waals surface area (Å²) in [5, 5.41) is 2.61. The number of hydrogen-bond acceptors (Lipinski definition) is 3. The Morgan fingerprint density at radius 2 is 1.56 bits per heavy atom. The van der Waals surface area contributed by atoms with E-state index in [0.29, 0.717) is 12.1 Å². The van der Waals surface area contributed by atoms with Gasteiger partial charge in [0.2, 0.25) is 5.91 Å². The molecule has 0 bridgehead atoms. The van der Waals surface area contributed by atoms with Crippen molar-refractivity contribution >= 4 is 11.8 Å². The summed E-state index contributed by atoms with van der Waals surface area (Å²) in [6.45, 7) is 0.604.